The molecule has 0 aromatic rings. The summed E-state index contributed by atoms with van der Waals surface area (Å²) >= 11 is 0. The van der Waals surface area contributed by atoms with Gasteiger partial charge in [-0.15, -0.1) is 0 Å². The second-order valence-electron chi connectivity index (χ2n) is 2.10. The monoisotopic (exact) mass is 153 g/mol. The first-order valence-corrected chi connectivity index (χ1v) is 3.42. The van der Waals surface area contributed by atoms with Crippen molar-refractivity contribution in [3.63, 3.8) is 0 Å². The molecule has 0 amide bonds. The molecular formula is C7H11N3O. The van der Waals surface area contributed by atoms with Crippen LogP contribution in [0.5, 0.6) is 0 Å². The molecule has 4 nitrogen and oxygen atoms in total. The van der Waals surface area contributed by atoms with Crippen molar-refractivity contribution >= 4 is 0 Å². The van der Waals surface area contributed by atoms with E-state index in [-0.39, 0.29) is 19.7 Å². The van der Waals surface area contributed by atoms with E-state index in [0.717, 1.165) is 0 Å². The van der Waals surface area contributed by atoms with Crippen LogP contribution in [0.3, 0.4) is 0 Å². The Kier molecular flexibility index (Phi) is 6.31. The van der Waals surface area contributed by atoms with Crippen LogP contribution in [-0.2, 0) is 0 Å². The Morgan fingerprint density at radius 2 is 1.73 bits per heavy atom. The minimum atomic E-state index is 0.105. The molecule has 0 aliphatic heterocycles. The highest BCUT2D eigenvalue weighted by atomic mass is 16.3. The van der Waals surface area contributed by atoms with Gasteiger partial charge < -0.3 is 5.11 Å². The van der Waals surface area contributed by atoms with Crippen molar-refractivity contribution in [2.45, 2.75) is 6.42 Å². The van der Waals surface area contributed by atoms with Gasteiger partial charge in [0.25, 0.3) is 0 Å². The summed E-state index contributed by atoms with van der Waals surface area (Å²) in [6.07, 6.45) is 0.614. The fourth-order valence-electron chi connectivity index (χ4n) is 0.708. The highest BCUT2D eigenvalue weighted by Crippen LogP contribution is 1.88. The van der Waals surface area contributed by atoms with Crippen LogP contribution in [0, 0.1) is 22.7 Å². The Morgan fingerprint density at radius 1 is 1.18 bits per heavy atom. The first-order valence-electron chi connectivity index (χ1n) is 3.42. The third-order valence-corrected chi connectivity index (χ3v) is 1.22. The Morgan fingerprint density at radius 3 is 2.09 bits per heavy atom. The summed E-state index contributed by atoms with van der Waals surface area (Å²) in [5.41, 5.74) is 0. The Balaban J connectivity index is 3.54. The van der Waals surface area contributed by atoms with Crippen LogP contribution in [0.2, 0.25) is 0 Å². The Hall–Kier alpha value is -1.10. The van der Waals surface area contributed by atoms with E-state index in [1.165, 1.54) is 0 Å². The average molecular weight is 153 g/mol. The first kappa shape index (κ1) is 9.90. The standard InChI is InChI=1S/C7H11N3O/c8-2-5-10(6-3-9)4-1-7-11/h11H,1,4-7H2. The zero-order valence-corrected chi connectivity index (χ0v) is 6.32. The quantitative estimate of drug-likeness (QED) is 0.551. The molecular weight excluding hydrogens is 142 g/mol. The summed E-state index contributed by atoms with van der Waals surface area (Å²) in [4.78, 5) is 1.69. The molecule has 0 aliphatic carbocycles. The van der Waals surface area contributed by atoms with E-state index in [9.17, 15) is 0 Å². The first-order chi connectivity index (χ1) is 5.35. The fourth-order valence-corrected chi connectivity index (χ4v) is 0.708. The highest BCUT2D eigenvalue weighted by molar-refractivity contribution is 4.83. The van der Waals surface area contributed by atoms with Gasteiger partial charge in [0, 0.05) is 13.2 Å². The molecule has 0 saturated heterocycles. The van der Waals surface area contributed by atoms with Crippen LogP contribution >= 0.6 is 0 Å². The zero-order chi connectivity index (χ0) is 8.53. The molecule has 4 heteroatoms. The van der Waals surface area contributed by atoms with Gasteiger partial charge in [-0.05, 0) is 6.42 Å². The van der Waals surface area contributed by atoms with Crippen molar-refractivity contribution in [3.8, 4) is 12.1 Å². The lowest BCUT2D eigenvalue weighted by atomic mass is 10.4. The normalized spacial score (nSPS) is 9.09. The average Bonchev–Trinajstić information content (AvgIpc) is 2.01. The van der Waals surface area contributed by atoms with Crippen molar-refractivity contribution in [1.82, 2.24) is 4.90 Å². The summed E-state index contributed by atoms with van der Waals surface area (Å²) in [5, 5.41) is 25.1. The van der Waals surface area contributed by atoms with Crippen LogP contribution in [0.4, 0.5) is 0 Å². The van der Waals surface area contributed by atoms with Gasteiger partial charge in [-0.25, -0.2) is 0 Å². The molecule has 0 atom stereocenters. The van der Waals surface area contributed by atoms with E-state index in [1.54, 1.807) is 4.90 Å². The van der Waals surface area contributed by atoms with Crippen molar-refractivity contribution in [2.24, 2.45) is 0 Å². The Bertz CT molecular complexity index is 152. The number of nitriles is 2. The van der Waals surface area contributed by atoms with Crippen LogP contribution in [-0.4, -0.2) is 36.2 Å². The highest BCUT2D eigenvalue weighted by Gasteiger charge is 2.00. The molecule has 0 saturated carbocycles. The van der Waals surface area contributed by atoms with E-state index in [4.69, 9.17) is 15.6 Å². The number of hydrogen-bond donors (Lipinski definition) is 1. The molecule has 0 fully saturated rings. The van der Waals surface area contributed by atoms with Gasteiger partial charge in [0.15, 0.2) is 0 Å². The molecule has 11 heavy (non-hydrogen) atoms. The van der Waals surface area contributed by atoms with Crippen molar-refractivity contribution in [3.05, 3.63) is 0 Å². The maximum atomic E-state index is 8.46. The predicted molar refractivity (Wildman–Crippen MR) is 39.4 cm³/mol. The third kappa shape index (κ3) is 5.35. The van der Waals surface area contributed by atoms with E-state index in [1.807, 2.05) is 12.1 Å². The second-order valence-corrected chi connectivity index (χ2v) is 2.10. The lowest BCUT2D eigenvalue weighted by molar-refractivity contribution is 0.249. The molecule has 0 heterocycles. The number of rotatable bonds is 5. The molecule has 0 radical (unpaired) electrons. The molecule has 0 unspecified atom stereocenters. The number of hydrogen-bond acceptors (Lipinski definition) is 4. The summed E-state index contributed by atoms with van der Waals surface area (Å²) in [5.74, 6) is 0. The van der Waals surface area contributed by atoms with E-state index < -0.39 is 0 Å². The lowest BCUT2D eigenvalue weighted by Gasteiger charge is -2.13. The van der Waals surface area contributed by atoms with Crippen LogP contribution in [0.1, 0.15) is 6.42 Å². The summed E-state index contributed by atoms with van der Waals surface area (Å²) < 4.78 is 0. The van der Waals surface area contributed by atoms with E-state index >= 15 is 0 Å². The van der Waals surface area contributed by atoms with E-state index in [2.05, 4.69) is 0 Å². The lowest BCUT2D eigenvalue weighted by Crippen LogP contribution is -2.26. The zero-order valence-electron chi connectivity index (χ0n) is 6.32. The molecule has 0 bridgehead atoms. The number of aliphatic hydroxyl groups excluding tert-OH is 1. The minimum absolute atomic E-state index is 0.105. The van der Waals surface area contributed by atoms with Crippen molar-refractivity contribution in [1.29, 1.82) is 10.5 Å². The van der Waals surface area contributed by atoms with Crippen molar-refractivity contribution in [2.75, 3.05) is 26.2 Å². The topological polar surface area (TPSA) is 71.0 Å². The van der Waals surface area contributed by atoms with Crippen LogP contribution < -0.4 is 0 Å². The van der Waals surface area contributed by atoms with Gasteiger partial charge in [0.1, 0.15) is 0 Å². The molecule has 0 spiro atoms. The van der Waals surface area contributed by atoms with Crippen LogP contribution in [0.15, 0.2) is 0 Å². The summed E-state index contributed by atoms with van der Waals surface area (Å²) in [6.45, 7) is 1.23. The predicted octanol–water partition coefficient (Wildman–Crippen LogP) is -0.282. The summed E-state index contributed by atoms with van der Waals surface area (Å²) in [6, 6.07) is 3.91. The molecule has 0 aromatic heterocycles. The molecule has 60 valence electrons. The number of aliphatic hydroxyl groups is 1. The van der Waals surface area contributed by atoms with Gasteiger partial charge in [-0.3, -0.25) is 4.90 Å². The maximum Gasteiger partial charge on any atom is 0.0874 e. The van der Waals surface area contributed by atoms with Crippen LogP contribution in [0.25, 0.3) is 0 Å². The third-order valence-electron chi connectivity index (χ3n) is 1.22. The molecule has 0 aliphatic rings. The minimum Gasteiger partial charge on any atom is -0.396 e. The molecule has 1 N–H and O–H groups in total. The largest absolute Gasteiger partial charge is 0.396 e. The van der Waals surface area contributed by atoms with Crippen molar-refractivity contribution < 1.29 is 5.11 Å². The molecule has 0 rings (SSSR count). The van der Waals surface area contributed by atoms with Gasteiger partial charge >= 0.3 is 0 Å². The molecule has 0 aromatic carbocycles. The van der Waals surface area contributed by atoms with Gasteiger partial charge in [0.2, 0.25) is 0 Å². The SMILES string of the molecule is N#CCN(CC#N)CCCO. The smallest absolute Gasteiger partial charge is 0.0874 e. The maximum absolute atomic E-state index is 8.46. The van der Waals surface area contributed by atoms with Gasteiger partial charge in [0.05, 0.1) is 25.2 Å². The van der Waals surface area contributed by atoms with Gasteiger partial charge in [-0.1, -0.05) is 0 Å². The van der Waals surface area contributed by atoms with Gasteiger partial charge in [-0.2, -0.15) is 10.5 Å². The van der Waals surface area contributed by atoms with E-state index in [0.29, 0.717) is 13.0 Å². The second kappa shape index (κ2) is 7.01. The Labute approximate surface area is 66.3 Å². The fraction of sp³-hybridized carbons (Fsp3) is 0.714. The number of nitrogens with zero attached hydrogens (tertiary/aromatic N) is 3. The summed E-state index contributed by atoms with van der Waals surface area (Å²) in [7, 11) is 0.